The molecule has 4 aromatic carbocycles. The lowest BCUT2D eigenvalue weighted by Crippen LogP contribution is -2.75. The highest BCUT2D eigenvalue weighted by Gasteiger charge is 2.66. The van der Waals surface area contributed by atoms with Crippen LogP contribution in [0.15, 0.2) is 109 Å². The fourth-order valence-corrected chi connectivity index (χ4v) is 5.83. The minimum Gasteiger partial charge on any atom is -0.497 e. The van der Waals surface area contributed by atoms with Crippen LogP contribution < -0.4 is 19.3 Å². The molecule has 0 unspecified atom stereocenters. The molecule has 2 heterocycles. The third-order valence-electron chi connectivity index (χ3n) is 7.53. The van der Waals surface area contributed by atoms with Crippen molar-refractivity contribution in [3.8, 4) is 11.5 Å². The number of nitrogens with zero attached hydrogens (tertiary/aromatic N) is 2. The summed E-state index contributed by atoms with van der Waals surface area (Å²) >= 11 is 0. The monoisotopic (exact) mass is 504 g/mol. The van der Waals surface area contributed by atoms with Crippen LogP contribution in [0.25, 0.3) is 0 Å². The van der Waals surface area contributed by atoms with E-state index < -0.39 is 11.6 Å². The molecular formula is C32H28N2O4. The predicted octanol–water partition coefficient (Wildman–Crippen LogP) is 5.82. The van der Waals surface area contributed by atoms with Crippen molar-refractivity contribution in [3.63, 3.8) is 0 Å². The number of carbonyl (C=O) groups excluding carboxylic acids is 2. The average molecular weight is 505 g/mol. The van der Waals surface area contributed by atoms with Crippen molar-refractivity contribution >= 4 is 23.2 Å². The van der Waals surface area contributed by atoms with E-state index in [-0.39, 0.29) is 17.9 Å². The van der Waals surface area contributed by atoms with Crippen LogP contribution in [0.5, 0.6) is 11.5 Å². The Morgan fingerprint density at radius 1 is 0.789 bits per heavy atom. The molecule has 0 radical (unpaired) electrons. The van der Waals surface area contributed by atoms with Crippen LogP contribution in [0.3, 0.4) is 0 Å². The fourth-order valence-electron chi connectivity index (χ4n) is 5.83. The Hall–Kier alpha value is -4.58. The van der Waals surface area contributed by atoms with Gasteiger partial charge in [-0.3, -0.25) is 14.5 Å². The standard InChI is InChI=1S/C32H28N2O4/c1-22-21-32(24-17-19-25(37-2)20-18-24)29(38-26-13-7-4-8-14-26)31(36)34(32)28-16-10-9-15-27(28)33(22)30(35)23-11-5-3-6-12-23/h3-20,22,29H,21H2,1-2H3/t22-,29-,32-/m1/s1. The number of ether oxygens (including phenoxy) is 2. The molecule has 0 aromatic heterocycles. The van der Waals surface area contributed by atoms with Gasteiger partial charge in [0, 0.05) is 18.0 Å². The summed E-state index contributed by atoms with van der Waals surface area (Å²) in [6.45, 7) is 2.04. The zero-order chi connectivity index (χ0) is 26.3. The second-order valence-electron chi connectivity index (χ2n) is 9.72. The van der Waals surface area contributed by atoms with Gasteiger partial charge in [-0.25, -0.2) is 0 Å². The summed E-state index contributed by atoms with van der Waals surface area (Å²) in [7, 11) is 1.63. The molecule has 2 aliphatic rings. The molecule has 0 saturated carbocycles. The van der Waals surface area contributed by atoms with Crippen LogP contribution in [0.2, 0.25) is 0 Å². The maximum absolute atomic E-state index is 13.9. The predicted molar refractivity (Wildman–Crippen MR) is 147 cm³/mol. The van der Waals surface area contributed by atoms with Crippen LogP contribution in [0.1, 0.15) is 29.3 Å². The molecule has 1 fully saturated rings. The molecule has 38 heavy (non-hydrogen) atoms. The van der Waals surface area contributed by atoms with E-state index in [1.807, 2.05) is 126 Å². The number of rotatable bonds is 5. The summed E-state index contributed by atoms with van der Waals surface area (Å²) in [5, 5.41) is 0. The molecule has 6 heteroatoms. The van der Waals surface area contributed by atoms with Gasteiger partial charge in [0.05, 0.1) is 18.5 Å². The Balaban J connectivity index is 1.53. The first-order chi connectivity index (χ1) is 18.5. The van der Waals surface area contributed by atoms with Gasteiger partial charge in [-0.2, -0.15) is 0 Å². The largest absolute Gasteiger partial charge is 0.497 e. The summed E-state index contributed by atoms with van der Waals surface area (Å²) in [6.07, 6.45) is -0.281. The molecule has 3 atom stereocenters. The zero-order valence-corrected chi connectivity index (χ0v) is 21.3. The number of β-lactam (4-membered cyclic amide) rings is 1. The van der Waals surface area contributed by atoms with Crippen LogP contribution in [-0.4, -0.2) is 31.1 Å². The molecular weight excluding hydrogens is 476 g/mol. The number of carbonyl (C=O) groups is 2. The molecule has 190 valence electrons. The zero-order valence-electron chi connectivity index (χ0n) is 21.3. The molecule has 2 amide bonds. The topological polar surface area (TPSA) is 59.1 Å². The number of hydrogen-bond donors (Lipinski definition) is 0. The Labute approximate surface area is 222 Å². The lowest BCUT2D eigenvalue weighted by atomic mass is 9.70. The molecule has 1 saturated heterocycles. The molecule has 0 bridgehead atoms. The van der Waals surface area contributed by atoms with Crippen molar-refractivity contribution in [2.75, 3.05) is 16.9 Å². The highest BCUT2D eigenvalue weighted by atomic mass is 16.5. The number of methoxy groups -OCH3 is 1. The van der Waals surface area contributed by atoms with E-state index in [1.54, 1.807) is 7.11 Å². The molecule has 0 N–H and O–H groups in total. The van der Waals surface area contributed by atoms with E-state index in [9.17, 15) is 9.59 Å². The van der Waals surface area contributed by atoms with E-state index >= 15 is 0 Å². The SMILES string of the molecule is COc1ccc([C@@]23C[C@@H](C)N(C(=O)c4ccccc4)c4ccccc4N2C(=O)[C@H]3Oc2ccccc2)cc1. The quantitative estimate of drug-likeness (QED) is 0.321. The smallest absolute Gasteiger partial charge is 0.271 e. The number of fused-ring (bicyclic) bond motifs is 3. The van der Waals surface area contributed by atoms with Crippen LogP contribution in [0.4, 0.5) is 11.4 Å². The minimum absolute atomic E-state index is 0.106. The van der Waals surface area contributed by atoms with E-state index in [0.29, 0.717) is 29.1 Å². The van der Waals surface area contributed by atoms with E-state index in [4.69, 9.17) is 9.47 Å². The van der Waals surface area contributed by atoms with Gasteiger partial charge in [0.25, 0.3) is 11.8 Å². The Kier molecular flexibility index (Phi) is 5.87. The molecule has 6 rings (SSSR count). The molecule has 2 aliphatic heterocycles. The first-order valence-corrected chi connectivity index (χ1v) is 12.7. The van der Waals surface area contributed by atoms with Crippen molar-refractivity contribution in [3.05, 3.63) is 120 Å². The molecule has 0 spiro atoms. The summed E-state index contributed by atoms with van der Waals surface area (Å²) < 4.78 is 11.8. The molecule has 0 aliphatic carbocycles. The van der Waals surface area contributed by atoms with Crippen LogP contribution >= 0.6 is 0 Å². The number of hydrogen-bond acceptors (Lipinski definition) is 4. The number of para-hydroxylation sites is 3. The summed E-state index contributed by atoms with van der Waals surface area (Å²) in [4.78, 5) is 31.5. The number of amides is 2. The van der Waals surface area contributed by atoms with Crippen molar-refractivity contribution < 1.29 is 19.1 Å². The lowest BCUT2D eigenvalue weighted by molar-refractivity contribution is -0.142. The van der Waals surface area contributed by atoms with E-state index in [1.165, 1.54) is 0 Å². The number of benzene rings is 4. The first kappa shape index (κ1) is 23.8. The van der Waals surface area contributed by atoms with Gasteiger partial charge in [-0.15, -0.1) is 0 Å². The third kappa shape index (κ3) is 3.64. The van der Waals surface area contributed by atoms with Crippen molar-refractivity contribution in [2.45, 2.75) is 31.0 Å². The maximum Gasteiger partial charge on any atom is 0.271 e. The van der Waals surface area contributed by atoms with Gasteiger partial charge in [-0.1, -0.05) is 60.7 Å². The van der Waals surface area contributed by atoms with E-state index in [2.05, 4.69) is 0 Å². The van der Waals surface area contributed by atoms with Crippen molar-refractivity contribution in [2.24, 2.45) is 0 Å². The van der Waals surface area contributed by atoms with Crippen molar-refractivity contribution in [1.29, 1.82) is 0 Å². The Bertz CT molecular complexity index is 1470. The van der Waals surface area contributed by atoms with E-state index in [0.717, 1.165) is 11.3 Å². The second kappa shape index (κ2) is 9.38. The first-order valence-electron chi connectivity index (χ1n) is 12.7. The maximum atomic E-state index is 13.9. The highest BCUT2D eigenvalue weighted by molar-refractivity contribution is 6.14. The fraction of sp³-hybridized carbons (Fsp3) is 0.188. The van der Waals surface area contributed by atoms with Gasteiger partial charge in [-0.05, 0) is 61.0 Å². The average Bonchev–Trinajstić information content (AvgIpc) is 3.07. The highest BCUT2D eigenvalue weighted by Crippen LogP contribution is 2.55. The van der Waals surface area contributed by atoms with Gasteiger partial charge in [0.1, 0.15) is 17.0 Å². The second-order valence-corrected chi connectivity index (χ2v) is 9.72. The minimum atomic E-state index is -0.833. The summed E-state index contributed by atoms with van der Waals surface area (Å²) in [5.41, 5.74) is 2.08. The van der Waals surface area contributed by atoms with Gasteiger partial charge < -0.3 is 14.4 Å². The number of anilines is 2. The lowest BCUT2D eigenvalue weighted by Gasteiger charge is -2.56. The van der Waals surface area contributed by atoms with Crippen LogP contribution in [-0.2, 0) is 10.3 Å². The normalized spacial score (nSPS) is 22.0. The summed E-state index contributed by atoms with van der Waals surface area (Å²) in [5.74, 6) is 1.11. The molecule has 6 nitrogen and oxygen atoms in total. The Morgan fingerprint density at radius 2 is 1.39 bits per heavy atom. The van der Waals surface area contributed by atoms with Crippen molar-refractivity contribution in [1.82, 2.24) is 0 Å². The third-order valence-corrected chi connectivity index (χ3v) is 7.53. The van der Waals surface area contributed by atoms with Gasteiger partial charge >= 0.3 is 0 Å². The van der Waals surface area contributed by atoms with Gasteiger partial charge in [0.15, 0.2) is 0 Å². The summed E-state index contributed by atoms with van der Waals surface area (Å²) in [6, 6.07) is 33.8. The Morgan fingerprint density at radius 3 is 2.05 bits per heavy atom. The van der Waals surface area contributed by atoms with Crippen LogP contribution in [0, 0.1) is 0 Å². The van der Waals surface area contributed by atoms with Gasteiger partial charge in [0.2, 0.25) is 6.10 Å². The molecule has 4 aromatic rings.